The van der Waals surface area contributed by atoms with Gasteiger partial charge in [-0.2, -0.15) is 4.98 Å². The van der Waals surface area contributed by atoms with Crippen LogP contribution in [0.1, 0.15) is 38.0 Å². The van der Waals surface area contributed by atoms with Crippen molar-refractivity contribution in [3.63, 3.8) is 0 Å². The van der Waals surface area contributed by atoms with Gasteiger partial charge in [0.15, 0.2) is 0 Å². The summed E-state index contributed by atoms with van der Waals surface area (Å²) in [4.78, 5) is 19.8. The summed E-state index contributed by atoms with van der Waals surface area (Å²) in [6.07, 6.45) is 5.43. The molecule has 19 heavy (non-hydrogen) atoms. The van der Waals surface area contributed by atoms with Crippen LogP contribution in [0.4, 0.5) is 0 Å². The maximum Gasteiger partial charge on any atom is 0.230 e. The number of hydrogen-bond acceptors (Lipinski definition) is 5. The van der Waals surface area contributed by atoms with Gasteiger partial charge in [-0.25, -0.2) is 0 Å². The molecule has 1 saturated carbocycles. The van der Waals surface area contributed by atoms with Gasteiger partial charge < -0.3 is 4.52 Å². The fourth-order valence-corrected chi connectivity index (χ4v) is 2.58. The standard InChI is InChI=1S/C14H15N3O2/c1-9-8-11(18)2-3-12(9)14-16-13(17-19-14)10-4-6-15-7-5-10/h4-7,9,12H,2-3,8H2,1H3/t9-,12+/m1/s1. The average molecular weight is 257 g/mol. The van der Waals surface area contributed by atoms with E-state index in [-0.39, 0.29) is 11.8 Å². The number of rotatable bonds is 2. The Kier molecular flexibility index (Phi) is 3.11. The van der Waals surface area contributed by atoms with Gasteiger partial charge in [0.2, 0.25) is 11.7 Å². The number of carbonyl (C=O) groups excluding carboxylic acids is 1. The van der Waals surface area contributed by atoms with Crippen molar-refractivity contribution in [1.29, 1.82) is 0 Å². The molecule has 98 valence electrons. The van der Waals surface area contributed by atoms with Crippen LogP contribution < -0.4 is 0 Å². The van der Waals surface area contributed by atoms with Crippen LogP contribution in [0.5, 0.6) is 0 Å². The molecule has 2 aromatic rings. The van der Waals surface area contributed by atoms with E-state index in [9.17, 15) is 4.79 Å². The highest BCUT2D eigenvalue weighted by atomic mass is 16.5. The Bertz CT molecular complexity index is 579. The zero-order valence-electron chi connectivity index (χ0n) is 10.7. The molecular formula is C14H15N3O2. The highest BCUT2D eigenvalue weighted by Crippen LogP contribution is 2.35. The first-order valence-electron chi connectivity index (χ1n) is 6.50. The van der Waals surface area contributed by atoms with Gasteiger partial charge in [0.05, 0.1) is 0 Å². The van der Waals surface area contributed by atoms with Crippen molar-refractivity contribution in [2.24, 2.45) is 5.92 Å². The SMILES string of the molecule is C[C@@H]1CC(=O)CC[C@@H]1c1nc(-c2ccncc2)no1. The normalized spacial score (nSPS) is 23.5. The molecule has 2 aromatic heterocycles. The molecule has 2 heterocycles. The molecule has 0 unspecified atom stereocenters. The summed E-state index contributed by atoms with van der Waals surface area (Å²) in [6.45, 7) is 2.07. The highest BCUT2D eigenvalue weighted by Gasteiger charge is 2.31. The summed E-state index contributed by atoms with van der Waals surface area (Å²) in [6, 6.07) is 3.70. The Morgan fingerprint density at radius 2 is 2.11 bits per heavy atom. The average Bonchev–Trinajstić information content (AvgIpc) is 2.89. The largest absolute Gasteiger partial charge is 0.339 e. The smallest absolute Gasteiger partial charge is 0.230 e. The summed E-state index contributed by atoms with van der Waals surface area (Å²) in [7, 11) is 0. The van der Waals surface area contributed by atoms with Crippen molar-refractivity contribution >= 4 is 5.78 Å². The molecule has 0 saturated heterocycles. The predicted octanol–water partition coefficient (Wildman–Crippen LogP) is 2.60. The zero-order valence-corrected chi connectivity index (χ0v) is 10.7. The van der Waals surface area contributed by atoms with Crippen LogP contribution in [0.2, 0.25) is 0 Å². The van der Waals surface area contributed by atoms with Crippen LogP contribution in [-0.4, -0.2) is 20.9 Å². The highest BCUT2D eigenvalue weighted by molar-refractivity contribution is 5.79. The second kappa shape index (κ2) is 4.91. The number of pyridine rings is 1. The van der Waals surface area contributed by atoms with Crippen LogP contribution in [-0.2, 0) is 4.79 Å². The molecule has 0 radical (unpaired) electrons. The first-order chi connectivity index (χ1) is 9.24. The minimum absolute atomic E-state index is 0.195. The molecule has 2 atom stereocenters. The van der Waals surface area contributed by atoms with Gasteiger partial charge in [0.1, 0.15) is 5.78 Å². The van der Waals surface area contributed by atoms with Gasteiger partial charge in [-0.15, -0.1) is 0 Å². The molecule has 0 aromatic carbocycles. The van der Waals surface area contributed by atoms with Gasteiger partial charge in [0.25, 0.3) is 0 Å². The van der Waals surface area contributed by atoms with Crippen molar-refractivity contribution in [3.8, 4) is 11.4 Å². The van der Waals surface area contributed by atoms with Crippen molar-refractivity contribution in [2.45, 2.75) is 32.1 Å². The summed E-state index contributed by atoms with van der Waals surface area (Å²) >= 11 is 0. The molecule has 0 N–H and O–H groups in total. The van der Waals surface area contributed by atoms with Gasteiger partial charge in [-0.1, -0.05) is 12.1 Å². The Labute approximate surface area is 111 Å². The molecule has 3 rings (SSSR count). The van der Waals surface area contributed by atoms with Crippen LogP contribution >= 0.6 is 0 Å². The Morgan fingerprint density at radius 3 is 2.84 bits per heavy atom. The second-order valence-electron chi connectivity index (χ2n) is 5.06. The fraction of sp³-hybridized carbons (Fsp3) is 0.429. The Hall–Kier alpha value is -2.04. The lowest BCUT2D eigenvalue weighted by molar-refractivity contribution is -0.121. The predicted molar refractivity (Wildman–Crippen MR) is 68.3 cm³/mol. The molecule has 0 amide bonds. The molecule has 5 nitrogen and oxygen atoms in total. The minimum atomic E-state index is 0.195. The van der Waals surface area contributed by atoms with Gasteiger partial charge in [-0.3, -0.25) is 9.78 Å². The van der Waals surface area contributed by atoms with E-state index >= 15 is 0 Å². The Balaban J connectivity index is 1.84. The van der Waals surface area contributed by atoms with Crippen LogP contribution in [0, 0.1) is 5.92 Å². The maximum absolute atomic E-state index is 11.4. The third-order valence-electron chi connectivity index (χ3n) is 3.67. The second-order valence-corrected chi connectivity index (χ2v) is 5.06. The van der Waals surface area contributed by atoms with Crippen LogP contribution in [0.15, 0.2) is 29.0 Å². The van der Waals surface area contributed by atoms with E-state index in [1.807, 2.05) is 12.1 Å². The van der Waals surface area contributed by atoms with Crippen molar-refractivity contribution in [1.82, 2.24) is 15.1 Å². The lowest BCUT2D eigenvalue weighted by Gasteiger charge is -2.24. The van der Waals surface area contributed by atoms with Crippen molar-refractivity contribution < 1.29 is 9.32 Å². The molecule has 1 aliphatic carbocycles. The maximum atomic E-state index is 11.4. The third-order valence-corrected chi connectivity index (χ3v) is 3.67. The van der Waals surface area contributed by atoms with E-state index in [4.69, 9.17) is 4.52 Å². The topological polar surface area (TPSA) is 68.9 Å². The molecule has 1 aliphatic rings. The zero-order chi connectivity index (χ0) is 13.2. The van der Waals surface area contributed by atoms with Crippen molar-refractivity contribution in [2.75, 3.05) is 0 Å². The number of carbonyl (C=O) groups is 1. The van der Waals surface area contributed by atoms with E-state index in [2.05, 4.69) is 22.0 Å². The van der Waals surface area contributed by atoms with Gasteiger partial charge in [0, 0.05) is 36.7 Å². The van der Waals surface area contributed by atoms with Crippen LogP contribution in [0.3, 0.4) is 0 Å². The Morgan fingerprint density at radius 1 is 1.32 bits per heavy atom. The van der Waals surface area contributed by atoms with E-state index in [1.54, 1.807) is 12.4 Å². The number of ketones is 1. The van der Waals surface area contributed by atoms with Gasteiger partial charge in [-0.05, 0) is 24.5 Å². The first kappa shape index (κ1) is 12.0. The molecule has 5 heteroatoms. The quantitative estimate of drug-likeness (QED) is 0.827. The number of Topliss-reactive ketones (excluding diaryl/α,β-unsaturated/α-hetero) is 1. The summed E-state index contributed by atoms with van der Waals surface area (Å²) in [5.74, 6) is 2.03. The van der Waals surface area contributed by atoms with Crippen molar-refractivity contribution in [3.05, 3.63) is 30.4 Å². The molecule has 1 fully saturated rings. The monoisotopic (exact) mass is 257 g/mol. The molecule has 0 spiro atoms. The molecule has 0 aliphatic heterocycles. The van der Waals surface area contributed by atoms with Gasteiger partial charge >= 0.3 is 0 Å². The lowest BCUT2D eigenvalue weighted by Crippen LogP contribution is -2.21. The minimum Gasteiger partial charge on any atom is -0.339 e. The summed E-state index contributed by atoms with van der Waals surface area (Å²) in [5.41, 5.74) is 0.893. The molecular weight excluding hydrogens is 242 g/mol. The van der Waals surface area contributed by atoms with E-state index < -0.39 is 0 Å². The lowest BCUT2D eigenvalue weighted by atomic mass is 9.80. The molecule has 0 bridgehead atoms. The fourth-order valence-electron chi connectivity index (χ4n) is 2.58. The third kappa shape index (κ3) is 2.41. The van der Waals surface area contributed by atoms with E-state index in [0.717, 1.165) is 12.0 Å². The first-order valence-corrected chi connectivity index (χ1v) is 6.50. The number of nitrogens with zero attached hydrogens (tertiary/aromatic N) is 3. The summed E-state index contributed by atoms with van der Waals surface area (Å²) < 4.78 is 5.37. The number of aromatic nitrogens is 3. The van der Waals surface area contributed by atoms with E-state index in [0.29, 0.717) is 30.3 Å². The summed E-state index contributed by atoms with van der Waals surface area (Å²) in [5, 5.41) is 4.02. The number of hydrogen-bond donors (Lipinski definition) is 0. The van der Waals surface area contributed by atoms with Crippen LogP contribution in [0.25, 0.3) is 11.4 Å². The van der Waals surface area contributed by atoms with E-state index in [1.165, 1.54) is 0 Å².